The highest BCUT2D eigenvalue weighted by Crippen LogP contribution is 2.28. The van der Waals surface area contributed by atoms with Crippen molar-refractivity contribution in [1.29, 1.82) is 0 Å². The van der Waals surface area contributed by atoms with Gasteiger partial charge >= 0.3 is 0 Å². The van der Waals surface area contributed by atoms with Crippen LogP contribution in [0.5, 0.6) is 0 Å². The molecule has 3 rings (SSSR count). The van der Waals surface area contributed by atoms with Crippen molar-refractivity contribution < 1.29 is 0 Å². The Morgan fingerprint density at radius 2 is 1.42 bits per heavy atom. The van der Waals surface area contributed by atoms with Crippen LogP contribution >= 0.6 is 0 Å². The molecular weight excluding hydrogens is 232 g/mol. The average molecular weight is 248 g/mol. The highest BCUT2D eigenvalue weighted by atomic mass is 15.2. The second-order valence-corrected chi connectivity index (χ2v) is 4.58. The summed E-state index contributed by atoms with van der Waals surface area (Å²) in [6.45, 7) is 0. The van der Waals surface area contributed by atoms with E-state index in [0.29, 0.717) is 0 Å². The summed E-state index contributed by atoms with van der Waals surface area (Å²) in [5.74, 6) is 5.78. The van der Waals surface area contributed by atoms with Crippen LogP contribution in [-0.2, 0) is 0 Å². The molecule has 0 aliphatic heterocycles. The van der Waals surface area contributed by atoms with Crippen LogP contribution in [0.15, 0.2) is 72.8 Å². The molecule has 0 spiro atoms. The van der Waals surface area contributed by atoms with E-state index in [1.54, 1.807) is 0 Å². The minimum atomic E-state index is 0.00676. The highest BCUT2D eigenvalue weighted by molar-refractivity contribution is 5.86. The fourth-order valence-corrected chi connectivity index (χ4v) is 2.51. The van der Waals surface area contributed by atoms with Gasteiger partial charge in [0.1, 0.15) is 0 Å². The van der Waals surface area contributed by atoms with Crippen molar-refractivity contribution >= 4 is 10.8 Å². The zero-order chi connectivity index (χ0) is 13.1. The van der Waals surface area contributed by atoms with Crippen LogP contribution in [-0.4, -0.2) is 0 Å². The summed E-state index contributed by atoms with van der Waals surface area (Å²) >= 11 is 0. The smallest absolute Gasteiger partial charge is 0.0716 e. The average Bonchev–Trinajstić information content (AvgIpc) is 2.49. The molecule has 0 fully saturated rings. The van der Waals surface area contributed by atoms with E-state index in [1.807, 2.05) is 18.2 Å². The number of nitrogens with two attached hydrogens (primary N) is 1. The summed E-state index contributed by atoms with van der Waals surface area (Å²) in [4.78, 5) is 0. The van der Waals surface area contributed by atoms with Crippen LogP contribution in [0.25, 0.3) is 10.8 Å². The normalized spacial score (nSPS) is 12.5. The van der Waals surface area contributed by atoms with Crippen molar-refractivity contribution in [3.63, 3.8) is 0 Å². The fourth-order valence-electron chi connectivity index (χ4n) is 2.51. The monoisotopic (exact) mass is 248 g/mol. The molecule has 0 unspecified atom stereocenters. The molecule has 0 bridgehead atoms. The number of fused-ring (bicyclic) bond motifs is 1. The van der Waals surface area contributed by atoms with E-state index < -0.39 is 0 Å². The first kappa shape index (κ1) is 11.9. The Bertz CT molecular complexity index is 672. The molecule has 0 radical (unpaired) electrons. The van der Waals surface area contributed by atoms with Crippen LogP contribution in [0.3, 0.4) is 0 Å². The van der Waals surface area contributed by atoms with Crippen LogP contribution < -0.4 is 11.3 Å². The number of nitrogens with one attached hydrogen (secondary N) is 1. The van der Waals surface area contributed by atoms with Crippen molar-refractivity contribution in [2.75, 3.05) is 0 Å². The van der Waals surface area contributed by atoms with Gasteiger partial charge in [-0.15, -0.1) is 0 Å². The predicted molar refractivity (Wildman–Crippen MR) is 79.6 cm³/mol. The van der Waals surface area contributed by atoms with Gasteiger partial charge in [0.2, 0.25) is 0 Å². The molecule has 0 saturated carbocycles. The van der Waals surface area contributed by atoms with Crippen LogP contribution in [0, 0.1) is 0 Å². The molecule has 3 aromatic rings. The molecule has 0 saturated heterocycles. The summed E-state index contributed by atoms with van der Waals surface area (Å²) in [7, 11) is 0. The lowest BCUT2D eigenvalue weighted by atomic mass is 9.94. The van der Waals surface area contributed by atoms with Gasteiger partial charge in [0.15, 0.2) is 0 Å². The van der Waals surface area contributed by atoms with E-state index in [9.17, 15) is 0 Å². The lowest BCUT2D eigenvalue weighted by Gasteiger charge is -2.19. The maximum absolute atomic E-state index is 5.78. The molecule has 0 aliphatic carbocycles. The Morgan fingerprint density at radius 3 is 2.21 bits per heavy atom. The van der Waals surface area contributed by atoms with Gasteiger partial charge in [-0.25, -0.2) is 5.43 Å². The van der Waals surface area contributed by atoms with Gasteiger partial charge in [-0.05, 0) is 21.9 Å². The van der Waals surface area contributed by atoms with Crippen molar-refractivity contribution in [2.24, 2.45) is 5.84 Å². The maximum Gasteiger partial charge on any atom is 0.0716 e. The van der Waals surface area contributed by atoms with Crippen LogP contribution in [0.1, 0.15) is 17.2 Å². The summed E-state index contributed by atoms with van der Waals surface area (Å²) < 4.78 is 0. The first-order chi connectivity index (χ1) is 9.40. The second-order valence-electron chi connectivity index (χ2n) is 4.58. The van der Waals surface area contributed by atoms with Crippen LogP contribution in [0.2, 0.25) is 0 Å². The van der Waals surface area contributed by atoms with E-state index in [1.165, 1.54) is 21.9 Å². The van der Waals surface area contributed by atoms with Gasteiger partial charge in [0, 0.05) is 0 Å². The summed E-state index contributed by atoms with van der Waals surface area (Å²) in [5, 5.41) is 2.47. The number of hydrogen-bond acceptors (Lipinski definition) is 2. The topological polar surface area (TPSA) is 38.0 Å². The molecule has 3 aromatic carbocycles. The summed E-state index contributed by atoms with van der Waals surface area (Å²) in [5.41, 5.74) is 5.30. The Balaban J connectivity index is 2.17. The Kier molecular flexibility index (Phi) is 3.27. The van der Waals surface area contributed by atoms with Crippen LogP contribution in [0.4, 0.5) is 0 Å². The number of hydrazine groups is 1. The summed E-state index contributed by atoms with van der Waals surface area (Å²) in [6, 6.07) is 25.0. The van der Waals surface area contributed by atoms with E-state index in [2.05, 4.69) is 60.0 Å². The number of benzene rings is 3. The van der Waals surface area contributed by atoms with Gasteiger partial charge in [-0.1, -0.05) is 72.8 Å². The number of rotatable bonds is 3. The van der Waals surface area contributed by atoms with Gasteiger partial charge in [-0.3, -0.25) is 5.84 Å². The minimum Gasteiger partial charge on any atom is -0.271 e. The third-order valence-electron chi connectivity index (χ3n) is 3.43. The van der Waals surface area contributed by atoms with Crippen molar-refractivity contribution in [2.45, 2.75) is 6.04 Å². The van der Waals surface area contributed by atoms with E-state index >= 15 is 0 Å². The third-order valence-corrected chi connectivity index (χ3v) is 3.43. The van der Waals surface area contributed by atoms with Gasteiger partial charge < -0.3 is 0 Å². The summed E-state index contributed by atoms with van der Waals surface area (Å²) in [6.07, 6.45) is 0. The zero-order valence-corrected chi connectivity index (χ0v) is 10.6. The predicted octanol–water partition coefficient (Wildman–Crippen LogP) is 3.39. The molecule has 2 nitrogen and oxygen atoms in total. The molecule has 0 amide bonds. The molecular formula is C17H16N2. The van der Waals surface area contributed by atoms with E-state index in [0.717, 1.165) is 0 Å². The lowest BCUT2D eigenvalue weighted by Crippen LogP contribution is -2.28. The molecule has 3 N–H and O–H groups in total. The second kappa shape index (κ2) is 5.22. The molecule has 2 heteroatoms. The minimum absolute atomic E-state index is 0.00676. The van der Waals surface area contributed by atoms with Crippen molar-refractivity contribution in [3.05, 3.63) is 83.9 Å². The first-order valence-corrected chi connectivity index (χ1v) is 6.39. The molecule has 94 valence electrons. The van der Waals surface area contributed by atoms with Gasteiger partial charge in [0.05, 0.1) is 6.04 Å². The Morgan fingerprint density at radius 1 is 0.737 bits per heavy atom. The molecule has 0 aromatic heterocycles. The molecule has 1 atom stereocenters. The molecule has 0 aliphatic rings. The fraction of sp³-hybridized carbons (Fsp3) is 0.0588. The largest absolute Gasteiger partial charge is 0.271 e. The Hall–Kier alpha value is -2.16. The molecule has 19 heavy (non-hydrogen) atoms. The van der Waals surface area contributed by atoms with E-state index in [4.69, 9.17) is 5.84 Å². The maximum atomic E-state index is 5.78. The van der Waals surface area contributed by atoms with E-state index in [-0.39, 0.29) is 6.04 Å². The van der Waals surface area contributed by atoms with Gasteiger partial charge in [0.25, 0.3) is 0 Å². The quantitative estimate of drug-likeness (QED) is 0.551. The zero-order valence-electron chi connectivity index (χ0n) is 10.6. The highest BCUT2D eigenvalue weighted by Gasteiger charge is 2.14. The lowest BCUT2D eigenvalue weighted by molar-refractivity contribution is 0.641. The standard InChI is InChI=1S/C17H16N2/c18-19-17(14-8-2-1-3-9-14)16-12-6-10-13-7-4-5-11-15(13)16/h1-12,17,19H,18H2/t17-/m1/s1. The molecule has 0 heterocycles. The SMILES string of the molecule is NN[C@H](c1ccccc1)c1cccc2ccccc12. The Labute approximate surface area is 112 Å². The van der Waals surface area contributed by atoms with Gasteiger partial charge in [-0.2, -0.15) is 0 Å². The first-order valence-electron chi connectivity index (χ1n) is 6.39. The van der Waals surface area contributed by atoms with Crippen molar-refractivity contribution in [1.82, 2.24) is 5.43 Å². The number of hydrogen-bond donors (Lipinski definition) is 2. The third kappa shape index (κ3) is 2.24. The van der Waals surface area contributed by atoms with Crippen molar-refractivity contribution in [3.8, 4) is 0 Å².